The third-order valence-corrected chi connectivity index (χ3v) is 5.55. The Morgan fingerprint density at radius 3 is 2.88 bits per heavy atom. The van der Waals surface area contributed by atoms with E-state index in [1.807, 2.05) is 39.9 Å². The Balaban J connectivity index is 1.57. The molecular formula is C19H29N3O3. The summed E-state index contributed by atoms with van der Waals surface area (Å²) >= 11 is 0. The number of carbonyl (C=O) groups excluding carboxylic acids is 2. The summed E-state index contributed by atoms with van der Waals surface area (Å²) in [6.45, 7) is 2.41. The molecule has 0 aromatic carbocycles. The van der Waals surface area contributed by atoms with E-state index < -0.39 is 0 Å². The summed E-state index contributed by atoms with van der Waals surface area (Å²) in [7, 11) is 1.96. The summed E-state index contributed by atoms with van der Waals surface area (Å²) in [5, 5.41) is 8.96. The average molecular weight is 347 g/mol. The van der Waals surface area contributed by atoms with Gasteiger partial charge in [-0.15, -0.1) is 0 Å². The number of aryl methyl sites for hydroxylation is 1. The quantitative estimate of drug-likeness (QED) is 0.786. The van der Waals surface area contributed by atoms with Crippen molar-refractivity contribution in [3.05, 3.63) is 24.0 Å². The van der Waals surface area contributed by atoms with Crippen LogP contribution in [0.15, 0.2) is 18.5 Å². The van der Waals surface area contributed by atoms with Gasteiger partial charge in [0, 0.05) is 58.1 Å². The first-order valence-electron chi connectivity index (χ1n) is 9.37. The Hall–Kier alpha value is -1.82. The van der Waals surface area contributed by atoms with Crippen LogP contribution in [0.3, 0.4) is 0 Å². The number of hydrogen-bond donors (Lipinski definition) is 1. The molecule has 0 spiro atoms. The largest absolute Gasteiger partial charge is 0.396 e. The van der Waals surface area contributed by atoms with E-state index in [0.717, 1.165) is 50.9 Å². The summed E-state index contributed by atoms with van der Waals surface area (Å²) in [6, 6.07) is 2.26. The summed E-state index contributed by atoms with van der Waals surface area (Å²) in [4.78, 5) is 28.9. The topological polar surface area (TPSA) is 65.8 Å². The molecule has 25 heavy (non-hydrogen) atoms. The second-order valence-corrected chi connectivity index (χ2v) is 7.37. The van der Waals surface area contributed by atoms with E-state index in [0.29, 0.717) is 18.8 Å². The number of unbranched alkanes of at least 4 members (excludes halogenated alkanes) is 1. The highest BCUT2D eigenvalue weighted by Gasteiger charge is 2.39. The van der Waals surface area contributed by atoms with Crippen LogP contribution in [0.5, 0.6) is 0 Å². The molecule has 2 saturated heterocycles. The van der Waals surface area contributed by atoms with E-state index in [1.165, 1.54) is 0 Å². The molecule has 0 bridgehead atoms. The van der Waals surface area contributed by atoms with Crippen LogP contribution in [0.25, 0.3) is 0 Å². The standard InChI is InChI=1S/C19H29N3O3/c1-20-9-6-15(13-20)12-19(25)21-10-7-17-16(14-21)4-5-18(24)22(17)8-2-3-11-23/h6,9,13,16-17,23H,2-5,7-8,10-12,14H2,1H3/t16-,17+/m0/s1. The van der Waals surface area contributed by atoms with Crippen molar-refractivity contribution in [3.63, 3.8) is 0 Å². The van der Waals surface area contributed by atoms with Crippen LogP contribution < -0.4 is 0 Å². The molecule has 3 heterocycles. The van der Waals surface area contributed by atoms with Crippen molar-refractivity contribution in [2.24, 2.45) is 13.0 Å². The van der Waals surface area contributed by atoms with Crippen LogP contribution in [-0.4, -0.2) is 63.6 Å². The van der Waals surface area contributed by atoms with Crippen molar-refractivity contribution in [1.82, 2.24) is 14.4 Å². The molecule has 2 amide bonds. The van der Waals surface area contributed by atoms with Gasteiger partial charge in [-0.1, -0.05) is 0 Å². The SMILES string of the molecule is Cn1ccc(CC(=O)N2CC[C@@H]3[C@@H](CCC(=O)N3CCCCO)C2)c1. The van der Waals surface area contributed by atoms with Crippen LogP contribution in [0.2, 0.25) is 0 Å². The van der Waals surface area contributed by atoms with Gasteiger partial charge in [0.05, 0.1) is 6.42 Å². The van der Waals surface area contributed by atoms with Gasteiger partial charge < -0.3 is 19.5 Å². The van der Waals surface area contributed by atoms with Gasteiger partial charge in [-0.3, -0.25) is 9.59 Å². The maximum atomic E-state index is 12.6. The lowest BCUT2D eigenvalue weighted by molar-refractivity contribution is -0.144. The zero-order valence-electron chi connectivity index (χ0n) is 15.1. The van der Waals surface area contributed by atoms with E-state index >= 15 is 0 Å². The van der Waals surface area contributed by atoms with E-state index in [4.69, 9.17) is 5.11 Å². The summed E-state index contributed by atoms with van der Waals surface area (Å²) in [5.41, 5.74) is 1.05. The molecule has 2 fully saturated rings. The smallest absolute Gasteiger partial charge is 0.227 e. The lowest BCUT2D eigenvalue weighted by Gasteiger charge is -2.47. The van der Waals surface area contributed by atoms with Crippen molar-refractivity contribution in [2.45, 2.75) is 44.6 Å². The minimum Gasteiger partial charge on any atom is -0.396 e. The van der Waals surface area contributed by atoms with E-state index in [-0.39, 0.29) is 24.5 Å². The minimum absolute atomic E-state index is 0.178. The second kappa shape index (κ2) is 8.04. The highest BCUT2D eigenvalue weighted by molar-refractivity contribution is 5.79. The number of fused-ring (bicyclic) bond motifs is 1. The first-order valence-corrected chi connectivity index (χ1v) is 9.37. The number of rotatable bonds is 6. The minimum atomic E-state index is 0.178. The summed E-state index contributed by atoms with van der Waals surface area (Å²) in [5.74, 6) is 0.817. The van der Waals surface area contributed by atoms with Gasteiger partial charge in [0.25, 0.3) is 0 Å². The van der Waals surface area contributed by atoms with Crippen LogP contribution >= 0.6 is 0 Å². The molecule has 6 nitrogen and oxygen atoms in total. The molecule has 2 aliphatic heterocycles. The van der Waals surface area contributed by atoms with Gasteiger partial charge in [0.1, 0.15) is 0 Å². The number of aromatic nitrogens is 1. The number of nitrogens with zero attached hydrogens (tertiary/aromatic N) is 3. The fourth-order valence-corrected chi connectivity index (χ4v) is 4.21. The third-order valence-electron chi connectivity index (χ3n) is 5.55. The Labute approximate surface area is 149 Å². The van der Waals surface area contributed by atoms with Crippen LogP contribution in [0.1, 0.15) is 37.7 Å². The van der Waals surface area contributed by atoms with E-state index in [2.05, 4.69) is 0 Å². The normalized spacial score (nSPS) is 23.7. The van der Waals surface area contributed by atoms with Crippen LogP contribution in [0.4, 0.5) is 0 Å². The van der Waals surface area contributed by atoms with Crippen molar-refractivity contribution < 1.29 is 14.7 Å². The molecule has 2 aliphatic rings. The molecule has 1 aromatic rings. The number of amides is 2. The molecule has 138 valence electrons. The Bertz CT molecular complexity index is 613. The van der Waals surface area contributed by atoms with E-state index in [1.54, 1.807) is 0 Å². The van der Waals surface area contributed by atoms with Gasteiger partial charge in [0.2, 0.25) is 11.8 Å². The number of piperidine rings is 2. The highest BCUT2D eigenvalue weighted by atomic mass is 16.3. The molecule has 0 aliphatic carbocycles. The molecular weight excluding hydrogens is 318 g/mol. The number of likely N-dealkylation sites (tertiary alicyclic amines) is 2. The van der Waals surface area contributed by atoms with Crippen molar-refractivity contribution >= 4 is 11.8 Å². The van der Waals surface area contributed by atoms with Gasteiger partial charge in [-0.25, -0.2) is 0 Å². The maximum absolute atomic E-state index is 12.6. The molecule has 6 heteroatoms. The number of aliphatic hydroxyl groups is 1. The molecule has 0 saturated carbocycles. The van der Waals surface area contributed by atoms with Gasteiger partial charge in [0.15, 0.2) is 0 Å². The first-order chi connectivity index (χ1) is 12.1. The molecule has 1 N–H and O–H groups in total. The number of carbonyl (C=O) groups is 2. The molecule has 1 aromatic heterocycles. The fraction of sp³-hybridized carbons (Fsp3) is 0.684. The van der Waals surface area contributed by atoms with Crippen molar-refractivity contribution in [2.75, 3.05) is 26.2 Å². The monoisotopic (exact) mass is 347 g/mol. The van der Waals surface area contributed by atoms with Gasteiger partial charge in [-0.05, 0) is 43.2 Å². The maximum Gasteiger partial charge on any atom is 0.227 e. The first kappa shape index (κ1) is 18.0. The van der Waals surface area contributed by atoms with Crippen LogP contribution in [0, 0.1) is 5.92 Å². The third kappa shape index (κ3) is 4.24. The lowest BCUT2D eigenvalue weighted by atomic mass is 9.83. The fourth-order valence-electron chi connectivity index (χ4n) is 4.21. The predicted molar refractivity (Wildman–Crippen MR) is 94.9 cm³/mol. The Morgan fingerprint density at radius 1 is 1.32 bits per heavy atom. The molecule has 0 radical (unpaired) electrons. The summed E-state index contributed by atoms with van der Waals surface area (Å²) in [6.07, 6.45) is 8.34. The Kier molecular flexibility index (Phi) is 5.78. The molecule has 2 atom stereocenters. The zero-order chi connectivity index (χ0) is 17.8. The summed E-state index contributed by atoms with van der Waals surface area (Å²) < 4.78 is 1.96. The zero-order valence-corrected chi connectivity index (χ0v) is 15.1. The average Bonchev–Trinajstić information content (AvgIpc) is 3.01. The number of hydrogen-bond acceptors (Lipinski definition) is 3. The van der Waals surface area contributed by atoms with Crippen molar-refractivity contribution in [3.8, 4) is 0 Å². The molecule has 3 rings (SSSR count). The Morgan fingerprint density at radius 2 is 2.16 bits per heavy atom. The predicted octanol–water partition coefficient (Wildman–Crippen LogP) is 1.18. The highest BCUT2D eigenvalue weighted by Crippen LogP contribution is 2.31. The second-order valence-electron chi connectivity index (χ2n) is 7.37. The lowest BCUT2D eigenvalue weighted by Crippen LogP contribution is -2.57. The molecule has 0 unspecified atom stereocenters. The van der Waals surface area contributed by atoms with E-state index in [9.17, 15) is 9.59 Å². The number of aliphatic hydroxyl groups excluding tert-OH is 1. The van der Waals surface area contributed by atoms with Gasteiger partial charge >= 0.3 is 0 Å². The van der Waals surface area contributed by atoms with Gasteiger partial charge in [-0.2, -0.15) is 0 Å². The van der Waals surface area contributed by atoms with Crippen molar-refractivity contribution in [1.29, 1.82) is 0 Å². The van der Waals surface area contributed by atoms with Crippen LogP contribution in [-0.2, 0) is 23.1 Å².